The fraction of sp³-hybridized carbons (Fsp3) is 0.714. The smallest absolute Gasteiger partial charge is 0.0655 e. The summed E-state index contributed by atoms with van der Waals surface area (Å²) in [6, 6.07) is 5.33. The summed E-state index contributed by atoms with van der Waals surface area (Å²) in [5.41, 5.74) is 0.252. The number of hydrogen-bond donors (Lipinski definition) is 1. The molecule has 0 spiro atoms. The van der Waals surface area contributed by atoms with Crippen LogP contribution in [0.15, 0.2) is 17.5 Å². The van der Waals surface area contributed by atoms with E-state index in [1.54, 1.807) is 0 Å². The van der Waals surface area contributed by atoms with Gasteiger partial charge in [-0.15, -0.1) is 11.3 Å². The molecule has 1 aromatic heterocycles. The SMILES string of the molecule is CCOC1CC(N[C@H](C)c2cccs2)C1(C)C. The van der Waals surface area contributed by atoms with Gasteiger partial charge in [0.2, 0.25) is 0 Å². The third-order valence-corrected chi connectivity index (χ3v) is 5.02. The second-order valence-electron chi connectivity index (χ2n) is 5.46. The van der Waals surface area contributed by atoms with E-state index in [1.807, 2.05) is 11.3 Å². The van der Waals surface area contributed by atoms with E-state index >= 15 is 0 Å². The van der Waals surface area contributed by atoms with Gasteiger partial charge >= 0.3 is 0 Å². The third-order valence-electron chi connectivity index (χ3n) is 3.97. The number of hydrogen-bond acceptors (Lipinski definition) is 3. The summed E-state index contributed by atoms with van der Waals surface area (Å²) < 4.78 is 5.76. The molecule has 0 amide bonds. The lowest BCUT2D eigenvalue weighted by atomic mass is 9.64. The predicted octanol–water partition coefficient (Wildman–Crippen LogP) is 3.60. The van der Waals surface area contributed by atoms with Gasteiger partial charge in [-0.1, -0.05) is 19.9 Å². The summed E-state index contributed by atoms with van der Waals surface area (Å²) in [6.07, 6.45) is 1.55. The molecule has 0 aliphatic heterocycles. The van der Waals surface area contributed by atoms with Crippen molar-refractivity contribution in [3.63, 3.8) is 0 Å². The van der Waals surface area contributed by atoms with Crippen molar-refractivity contribution in [1.82, 2.24) is 5.32 Å². The minimum Gasteiger partial charge on any atom is -0.378 e. The summed E-state index contributed by atoms with van der Waals surface area (Å²) >= 11 is 1.83. The topological polar surface area (TPSA) is 21.3 Å². The van der Waals surface area contributed by atoms with Crippen LogP contribution in [0.5, 0.6) is 0 Å². The van der Waals surface area contributed by atoms with Crippen molar-refractivity contribution in [3.8, 4) is 0 Å². The van der Waals surface area contributed by atoms with Gasteiger partial charge in [0, 0.05) is 29.0 Å². The van der Waals surface area contributed by atoms with E-state index in [1.165, 1.54) is 4.88 Å². The van der Waals surface area contributed by atoms with Crippen LogP contribution >= 0.6 is 11.3 Å². The molecular formula is C14H23NOS. The molecule has 1 aliphatic carbocycles. The highest BCUT2D eigenvalue weighted by molar-refractivity contribution is 7.10. The van der Waals surface area contributed by atoms with Gasteiger partial charge in [0.15, 0.2) is 0 Å². The number of ether oxygens (including phenoxy) is 1. The van der Waals surface area contributed by atoms with E-state index in [-0.39, 0.29) is 5.41 Å². The Morgan fingerprint density at radius 2 is 2.35 bits per heavy atom. The molecule has 2 unspecified atom stereocenters. The highest BCUT2D eigenvalue weighted by Gasteiger charge is 2.49. The molecule has 0 bridgehead atoms. The zero-order chi connectivity index (χ0) is 12.5. The average Bonchev–Trinajstić information content (AvgIpc) is 2.81. The van der Waals surface area contributed by atoms with E-state index < -0.39 is 0 Å². The zero-order valence-electron chi connectivity index (χ0n) is 11.2. The lowest BCUT2D eigenvalue weighted by Crippen LogP contribution is -2.61. The van der Waals surface area contributed by atoms with Crippen molar-refractivity contribution < 1.29 is 4.74 Å². The van der Waals surface area contributed by atoms with Gasteiger partial charge in [-0.05, 0) is 31.7 Å². The summed E-state index contributed by atoms with van der Waals surface area (Å²) in [5.74, 6) is 0. The molecule has 0 radical (unpaired) electrons. The summed E-state index contributed by atoms with van der Waals surface area (Å²) in [5, 5.41) is 5.87. The molecule has 96 valence electrons. The fourth-order valence-corrected chi connectivity index (χ4v) is 3.32. The quantitative estimate of drug-likeness (QED) is 0.865. The minimum atomic E-state index is 0.252. The molecule has 1 heterocycles. The maximum absolute atomic E-state index is 5.76. The Kier molecular flexibility index (Phi) is 3.91. The van der Waals surface area contributed by atoms with Crippen LogP contribution in [0.3, 0.4) is 0 Å². The third kappa shape index (κ3) is 2.56. The summed E-state index contributed by atoms with van der Waals surface area (Å²) in [4.78, 5) is 1.42. The first-order valence-corrected chi connectivity index (χ1v) is 7.34. The number of nitrogens with one attached hydrogen (secondary N) is 1. The second kappa shape index (κ2) is 5.09. The van der Waals surface area contributed by atoms with E-state index in [0.29, 0.717) is 18.2 Å². The standard InChI is InChI=1S/C14H23NOS/c1-5-16-13-9-12(14(13,3)4)15-10(2)11-7-6-8-17-11/h6-8,10,12-13,15H,5,9H2,1-4H3/t10-,12?,13?/m1/s1. The van der Waals surface area contributed by atoms with Crippen LogP contribution in [0.2, 0.25) is 0 Å². The van der Waals surface area contributed by atoms with Gasteiger partial charge in [-0.3, -0.25) is 0 Å². The monoisotopic (exact) mass is 253 g/mol. The van der Waals surface area contributed by atoms with Crippen molar-refractivity contribution in [2.75, 3.05) is 6.61 Å². The minimum absolute atomic E-state index is 0.252. The first kappa shape index (κ1) is 13.1. The molecule has 0 saturated heterocycles. The summed E-state index contributed by atoms with van der Waals surface area (Å²) in [7, 11) is 0. The maximum Gasteiger partial charge on any atom is 0.0655 e. The van der Waals surface area contributed by atoms with Crippen LogP contribution in [-0.2, 0) is 4.74 Å². The van der Waals surface area contributed by atoms with Crippen molar-refractivity contribution >= 4 is 11.3 Å². The Balaban J connectivity index is 1.89. The Morgan fingerprint density at radius 1 is 1.59 bits per heavy atom. The maximum atomic E-state index is 5.76. The van der Waals surface area contributed by atoms with E-state index in [2.05, 4.69) is 50.5 Å². The van der Waals surface area contributed by atoms with Crippen LogP contribution in [-0.4, -0.2) is 18.8 Å². The Morgan fingerprint density at radius 3 is 2.88 bits per heavy atom. The lowest BCUT2D eigenvalue weighted by molar-refractivity contribution is -0.116. The number of rotatable bonds is 5. The van der Waals surface area contributed by atoms with Crippen molar-refractivity contribution in [2.45, 2.75) is 52.3 Å². The summed E-state index contributed by atoms with van der Waals surface area (Å²) in [6.45, 7) is 9.74. The molecule has 2 nitrogen and oxygen atoms in total. The largest absolute Gasteiger partial charge is 0.378 e. The molecule has 1 fully saturated rings. The van der Waals surface area contributed by atoms with Gasteiger partial charge < -0.3 is 10.1 Å². The average molecular weight is 253 g/mol. The molecule has 2 rings (SSSR count). The Labute approximate surface area is 108 Å². The van der Waals surface area contributed by atoms with Gasteiger partial charge in [-0.25, -0.2) is 0 Å². The van der Waals surface area contributed by atoms with Gasteiger partial charge in [-0.2, -0.15) is 0 Å². The van der Waals surface area contributed by atoms with Crippen LogP contribution < -0.4 is 5.32 Å². The molecule has 1 saturated carbocycles. The van der Waals surface area contributed by atoms with Gasteiger partial charge in [0.1, 0.15) is 0 Å². The highest BCUT2D eigenvalue weighted by atomic mass is 32.1. The van der Waals surface area contributed by atoms with Crippen LogP contribution in [0.4, 0.5) is 0 Å². The molecule has 3 atom stereocenters. The normalized spacial score (nSPS) is 28.7. The lowest BCUT2D eigenvalue weighted by Gasteiger charge is -2.52. The second-order valence-corrected chi connectivity index (χ2v) is 6.44. The van der Waals surface area contributed by atoms with Gasteiger partial charge in [0.05, 0.1) is 6.10 Å². The van der Waals surface area contributed by atoms with Crippen molar-refractivity contribution in [3.05, 3.63) is 22.4 Å². The van der Waals surface area contributed by atoms with Crippen LogP contribution in [0.25, 0.3) is 0 Å². The zero-order valence-corrected chi connectivity index (χ0v) is 12.0. The highest BCUT2D eigenvalue weighted by Crippen LogP contribution is 2.43. The van der Waals surface area contributed by atoms with E-state index in [4.69, 9.17) is 4.74 Å². The Bertz CT molecular complexity index is 347. The first-order chi connectivity index (χ1) is 8.05. The predicted molar refractivity (Wildman–Crippen MR) is 73.5 cm³/mol. The fourth-order valence-electron chi connectivity index (χ4n) is 2.57. The van der Waals surface area contributed by atoms with E-state index in [9.17, 15) is 0 Å². The Hall–Kier alpha value is -0.380. The van der Waals surface area contributed by atoms with E-state index in [0.717, 1.165) is 13.0 Å². The number of thiophene rings is 1. The molecule has 1 aromatic rings. The molecule has 17 heavy (non-hydrogen) atoms. The molecule has 1 N–H and O–H groups in total. The molecular weight excluding hydrogens is 230 g/mol. The van der Waals surface area contributed by atoms with Gasteiger partial charge in [0.25, 0.3) is 0 Å². The molecule has 1 aliphatic rings. The van der Waals surface area contributed by atoms with Crippen LogP contribution in [0.1, 0.15) is 45.0 Å². The molecule has 3 heteroatoms. The van der Waals surface area contributed by atoms with Crippen molar-refractivity contribution in [1.29, 1.82) is 0 Å². The van der Waals surface area contributed by atoms with Crippen molar-refractivity contribution in [2.24, 2.45) is 5.41 Å². The first-order valence-electron chi connectivity index (χ1n) is 6.46. The molecule has 0 aromatic carbocycles. The van der Waals surface area contributed by atoms with Crippen LogP contribution in [0, 0.1) is 5.41 Å².